The van der Waals surface area contributed by atoms with Crippen LogP contribution >= 0.6 is 23.4 Å². The Labute approximate surface area is 154 Å². The number of carboxylic acid groups (broad SMARTS) is 1. The predicted octanol–water partition coefficient (Wildman–Crippen LogP) is 2.26. The van der Waals surface area contributed by atoms with Gasteiger partial charge >= 0.3 is 5.97 Å². The number of carbonyl (C=O) groups is 2. The molecule has 0 aliphatic carbocycles. The van der Waals surface area contributed by atoms with E-state index in [1.807, 2.05) is 12.1 Å². The van der Waals surface area contributed by atoms with Crippen molar-refractivity contribution in [1.82, 2.24) is 19.7 Å². The van der Waals surface area contributed by atoms with E-state index in [1.165, 1.54) is 4.68 Å². The van der Waals surface area contributed by atoms with Gasteiger partial charge in [0.2, 0.25) is 5.82 Å². The van der Waals surface area contributed by atoms with Crippen LogP contribution in [0.25, 0.3) is 5.69 Å². The van der Waals surface area contributed by atoms with Crippen molar-refractivity contribution in [3.05, 3.63) is 40.9 Å². The highest BCUT2D eigenvalue weighted by atomic mass is 35.5. The van der Waals surface area contributed by atoms with Crippen molar-refractivity contribution in [1.29, 1.82) is 0 Å². The first-order valence-electron chi connectivity index (χ1n) is 7.76. The Balaban J connectivity index is 1.89. The summed E-state index contributed by atoms with van der Waals surface area (Å²) in [6.45, 7) is 2.23. The molecular weight excluding hydrogens is 364 g/mol. The van der Waals surface area contributed by atoms with E-state index in [0.717, 1.165) is 5.75 Å². The standard InChI is InChI=1S/C16H17ClN4O3S/c1-10-18-15(19-21(10)13-5-3-2-4-12(13)17)16(24)20-6-7-25-9-11(20)8-14(22)23/h2-5,11H,6-9H2,1H3,(H,22,23). The molecule has 1 amide bonds. The number of hydrogen-bond donors (Lipinski definition) is 1. The zero-order valence-corrected chi connectivity index (χ0v) is 15.1. The molecule has 2 aromatic rings. The first kappa shape index (κ1) is 17.8. The second-order valence-corrected chi connectivity index (χ2v) is 7.23. The van der Waals surface area contributed by atoms with Gasteiger partial charge in [-0.1, -0.05) is 23.7 Å². The monoisotopic (exact) mass is 380 g/mol. The van der Waals surface area contributed by atoms with Crippen molar-refractivity contribution >= 4 is 35.2 Å². The van der Waals surface area contributed by atoms with E-state index < -0.39 is 5.97 Å². The number of carbonyl (C=O) groups excluding carboxylic acids is 1. The summed E-state index contributed by atoms with van der Waals surface area (Å²) in [6, 6.07) is 6.82. The summed E-state index contributed by atoms with van der Waals surface area (Å²) in [7, 11) is 0. The number of carboxylic acids is 1. The molecule has 2 heterocycles. The number of rotatable bonds is 4. The fourth-order valence-electron chi connectivity index (χ4n) is 2.75. The van der Waals surface area contributed by atoms with E-state index in [1.54, 1.807) is 35.7 Å². The van der Waals surface area contributed by atoms with Crippen molar-refractivity contribution in [2.45, 2.75) is 19.4 Å². The van der Waals surface area contributed by atoms with E-state index in [-0.39, 0.29) is 24.2 Å². The van der Waals surface area contributed by atoms with Gasteiger partial charge in [0.05, 0.1) is 23.2 Å². The minimum atomic E-state index is -0.920. The lowest BCUT2D eigenvalue weighted by molar-refractivity contribution is -0.138. The smallest absolute Gasteiger partial charge is 0.305 e. The quantitative estimate of drug-likeness (QED) is 0.875. The maximum Gasteiger partial charge on any atom is 0.305 e. The molecule has 1 aromatic heterocycles. The highest BCUT2D eigenvalue weighted by Gasteiger charge is 2.32. The highest BCUT2D eigenvalue weighted by Crippen LogP contribution is 2.23. The molecule has 1 saturated heterocycles. The van der Waals surface area contributed by atoms with Gasteiger partial charge in [-0.25, -0.2) is 9.67 Å². The molecule has 0 spiro atoms. The number of thioether (sulfide) groups is 1. The zero-order chi connectivity index (χ0) is 18.0. The van der Waals surface area contributed by atoms with Gasteiger partial charge < -0.3 is 10.0 Å². The molecule has 1 aromatic carbocycles. The van der Waals surface area contributed by atoms with Crippen molar-refractivity contribution in [2.24, 2.45) is 0 Å². The highest BCUT2D eigenvalue weighted by molar-refractivity contribution is 7.99. The van der Waals surface area contributed by atoms with Crippen molar-refractivity contribution < 1.29 is 14.7 Å². The third kappa shape index (κ3) is 3.80. The van der Waals surface area contributed by atoms with Crippen LogP contribution in [0.5, 0.6) is 0 Å². The Kier molecular flexibility index (Phi) is 5.29. The largest absolute Gasteiger partial charge is 0.481 e. The average molecular weight is 381 g/mol. The van der Waals surface area contributed by atoms with Gasteiger partial charge in [0.1, 0.15) is 5.82 Å². The molecule has 25 heavy (non-hydrogen) atoms. The number of benzene rings is 1. The van der Waals surface area contributed by atoms with Crippen LogP contribution in [0, 0.1) is 6.92 Å². The minimum absolute atomic E-state index is 0.0553. The Morgan fingerprint density at radius 3 is 2.88 bits per heavy atom. The van der Waals surface area contributed by atoms with E-state index in [4.69, 9.17) is 16.7 Å². The van der Waals surface area contributed by atoms with E-state index in [9.17, 15) is 9.59 Å². The predicted molar refractivity (Wildman–Crippen MR) is 95.5 cm³/mol. The molecule has 3 rings (SSSR count). The van der Waals surface area contributed by atoms with Crippen LogP contribution in [0.15, 0.2) is 24.3 Å². The molecule has 0 radical (unpaired) electrons. The second-order valence-electron chi connectivity index (χ2n) is 5.67. The molecule has 1 aliphatic heterocycles. The fourth-order valence-corrected chi connectivity index (χ4v) is 4.03. The Morgan fingerprint density at radius 2 is 2.16 bits per heavy atom. The van der Waals surface area contributed by atoms with E-state index >= 15 is 0 Å². The summed E-state index contributed by atoms with van der Waals surface area (Å²) >= 11 is 7.84. The molecule has 1 N–H and O–H groups in total. The summed E-state index contributed by atoms with van der Waals surface area (Å²) in [6.07, 6.45) is -0.0804. The number of amides is 1. The van der Waals surface area contributed by atoms with Crippen LogP contribution in [0.4, 0.5) is 0 Å². The molecule has 132 valence electrons. The van der Waals surface area contributed by atoms with Gasteiger partial charge in [0.25, 0.3) is 5.91 Å². The Bertz CT molecular complexity index is 810. The van der Waals surface area contributed by atoms with Crippen LogP contribution in [-0.4, -0.2) is 60.7 Å². The number of aromatic nitrogens is 3. The maximum atomic E-state index is 12.8. The molecule has 9 heteroatoms. The average Bonchev–Trinajstić information content (AvgIpc) is 2.96. The lowest BCUT2D eigenvalue weighted by atomic mass is 10.2. The van der Waals surface area contributed by atoms with Crippen LogP contribution < -0.4 is 0 Å². The summed E-state index contributed by atoms with van der Waals surface area (Å²) in [5, 5.41) is 13.9. The van der Waals surface area contributed by atoms with E-state index in [2.05, 4.69) is 10.1 Å². The third-order valence-corrected chi connectivity index (χ3v) is 5.35. The number of aryl methyl sites for hydroxylation is 1. The van der Waals surface area contributed by atoms with Gasteiger partial charge in [-0.2, -0.15) is 11.8 Å². The van der Waals surface area contributed by atoms with Gasteiger partial charge in [-0.15, -0.1) is 5.10 Å². The number of halogens is 1. The third-order valence-electron chi connectivity index (χ3n) is 3.94. The summed E-state index contributed by atoms with van der Waals surface area (Å²) in [5.74, 6) is 0.697. The topological polar surface area (TPSA) is 88.3 Å². The van der Waals surface area contributed by atoms with Crippen molar-refractivity contribution in [2.75, 3.05) is 18.1 Å². The number of hydrogen-bond acceptors (Lipinski definition) is 5. The van der Waals surface area contributed by atoms with Crippen LogP contribution in [0.1, 0.15) is 22.9 Å². The molecule has 1 aliphatic rings. The molecule has 7 nitrogen and oxygen atoms in total. The van der Waals surface area contributed by atoms with Gasteiger partial charge in [-0.05, 0) is 19.1 Å². The van der Waals surface area contributed by atoms with Crippen LogP contribution in [0.3, 0.4) is 0 Å². The van der Waals surface area contributed by atoms with Crippen molar-refractivity contribution in [3.8, 4) is 5.69 Å². The number of para-hydroxylation sites is 1. The molecular formula is C16H17ClN4O3S. The van der Waals surface area contributed by atoms with Gasteiger partial charge in [0, 0.05) is 18.1 Å². The maximum absolute atomic E-state index is 12.8. The van der Waals surface area contributed by atoms with Crippen molar-refractivity contribution in [3.63, 3.8) is 0 Å². The minimum Gasteiger partial charge on any atom is -0.481 e. The summed E-state index contributed by atoms with van der Waals surface area (Å²) in [4.78, 5) is 29.7. The molecule has 1 atom stereocenters. The first-order chi connectivity index (χ1) is 12.0. The molecule has 1 fully saturated rings. The summed E-state index contributed by atoms with van der Waals surface area (Å²) in [5.41, 5.74) is 0.643. The van der Waals surface area contributed by atoms with Crippen LogP contribution in [0.2, 0.25) is 5.02 Å². The number of nitrogens with zero attached hydrogens (tertiary/aromatic N) is 4. The van der Waals surface area contributed by atoms with Gasteiger partial charge in [0.15, 0.2) is 0 Å². The molecule has 1 unspecified atom stereocenters. The Hall–Kier alpha value is -2.06. The Morgan fingerprint density at radius 1 is 1.40 bits per heavy atom. The number of aliphatic carboxylic acids is 1. The normalized spacial score (nSPS) is 17.5. The molecule has 0 bridgehead atoms. The van der Waals surface area contributed by atoms with Gasteiger partial charge in [-0.3, -0.25) is 9.59 Å². The van der Waals surface area contributed by atoms with E-state index in [0.29, 0.717) is 28.8 Å². The first-order valence-corrected chi connectivity index (χ1v) is 9.29. The SMILES string of the molecule is Cc1nc(C(=O)N2CCSCC2CC(=O)O)nn1-c1ccccc1Cl. The van der Waals surface area contributed by atoms with Crippen LogP contribution in [-0.2, 0) is 4.79 Å². The lowest BCUT2D eigenvalue weighted by Gasteiger charge is -2.33. The fraction of sp³-hybridized carbons (Fsp3) is 0.375. The zero-order valence-electron chi connectivity index (χ0n) is 13.6. The molecule has 0 saturated carbocycles. The summed E-state index contributed by atoms with van der Waals surface area (Å²) < 4.78 is 1.53. The lowest BCUT2D eigenvalue weighted by Crippen LogP contribution is -2.47. The second kappa shape index (κ2) is 7.45.